The molecule has 2 aromatic rings. The van der Waals surface area contributed by atoms with Crippen molar-refractivity contribution in [1.29, 1.82) is 0 Å². The van der Waals surface area contributed by atoms with Crippen molar-refractivity contribution in [1.82, 2.24) is 4.57 Å². The first-order valence-corrected chi connectivity index (χ1v) is 6.78. The average molecular weight is 275 g/mol. The fourth-order valence-electron chi connectivity index (χ4n) is 2.40. The first kappa shape index (κ1) is 14.6. The van der Waals surface area contributed by atoms with Crippen LogP contribution in [0.4, 0.5) is 4.79 Å². The fourth-order valence-corrected chi connectivity index (χ4v) is 2.40. The van der Waals surface area contributed by atoms with Crippen LogP contribution in [0.15, 0.2) is 24.3 Å². The molecule has 0 aliphatic heterocycles. The van der Waals surface area contributed by atoms with Crippen molar-refractivity contribution >= 4 is 17.0 Å². The van der Waals surface area contributed by atoms with E-state index in [2.05, 4.69) is 0 Å². The second kappa shape index (κ2) is 5.29. The number of aliphatic hydroxyl groups is 1. The third-order valence-electron chi connectivity index (χ3n) is 3.18. The van der Waals surface area contributed by atoms with Gasteiger partial charge < -0.3 is 9.84 Å². The Hall–Kier alpha value is -1.81. The van der Waals surface area contributed by atoms with Gasteiger partial charge in [-0.1, -0.05) is 18.2 Å². The predicted octanol–water partition coefficient (Wildman–Crippen LogP) is 3.27. The number of fused-ring (bicyclic) bond motifs is 1. The van der Waals surface area contributed by atoms with Crippen LogP contribution in [0.3, 0.4) is 0 Å². The maximum absolute atomic E-state index is 12.4. The molecule has 0 amide bonds. The van der Waals surface area contributed by atoms with Gasteiger partial charge in [-0.3, -0.25) is 0 Å². The molecule has 20 heavy (non-hydrogen) atoms. The van der Waals surface area contributed by atoms with E-state index in [1.165, 1.54) is 0 Å². The average Bonchev–Trinajstić information content (AvgIpc) is 2.61. The largest absolute Gasteiger partial charge is 0.443 e. The van der Waals surface area contributed by atoms with E-state index in [0.29, 0.717) is 6.42 Å². The van der Waals surface area contributed by atoms with E-state index in [0.717, 1.165) is 22.2 Å². The molecular formula is C16H21NO3. The van der Waals surface area contributed by atoms with Crippen molar-refractivity contribution < 1.29 is 14.6 Å². The van der Waals surface area contributed by atoms with Gasteiger partial charge in [0, 0.05) is 17.7 Å². The zero-order chi connectivity index (χ0) is 14.9. The Balaban J connectivity index is 2.58. The lowest BCUT2D eigenvalue weighted by atomic mass is 10.1. The molecule has 0 saturated carbocycles. The fraction of sp³-hybridized carbons (Fsp3) is 0.438. The molecule has 2 rings (SSSR count). The monoisotopic (exact) mass is 275 g/mol. The van der Waals surface area contributed by atoms with E-state index in [9.17, 15) is 9.90 Å². The van der Waals surface area contributed by atoms with E-state index < -0.39 is 5.60 Å². The highest BCUT2D eigenvalue weighted by Gasteiger charge is 2.23. The molecule has 108 valence electrons. The molecule has 1 aromatic heterocycles. The number of carbonyl (C=O) groups excluding carboxylic acids is 1. The Morgan fingerprint density at radius 2 is 1.95 bits per heavy atom. The second-order valence-electron chi connectivity index (χ2n) is 5.87. The predicted molar refractivity (Wildman–Crippen MR) is 79.1 cm³/mol. The summed E-state index contributed by atoms with van der Waals surface area (Å²) in [4.78, 5) is 12.4. The van der Waals surface area contributed by atoms with Crippen LogP contribution in [0.5, 0.6) is 0 Å². The minimum absolute atomic E-state index is 0.0587. The van der Waals surface area contributed by atoms with Crippen molar-refractivity contribution in [3.63, 3.8) is 0 Å². The van der Waals surface area contributed by atoms with Gasteiger partial charge in [-0.2, -0.15) is 0 Å². The third-order valence-corrected chi connectivity index (χ3v) is 3.18. The van der Waals surface area contributed by atoms with Crippen molar-refractivity contribution in [2.75, 3.05) is 6.61 Å². The summed E-state index contributed by atoms with van der Waals surface area (Å²) in [6.07, 6.45) is 0.151. The number of rotatable bonds is 2. The van der Waals surface area contributed by atoms with Gasteiger partial charge >= 0.3 is 6.09 Å². The number of ether oxygens (including phenoxy) is 1. The van der Waals surface area contributed by atoms with Crippen LogP contribution in [-0.4, -0.2) is 28.0 Å². The smallest absolute Gasteiger partial charge is 0.419 e. The summed E-state index contributed by atoms with van der Waals surface area (Å²) in [6, 6.07) is 7.69. The van der Waals surface area contributed by atoms with Gasteiger partial charge in [0.05, 0.1) is 5.52 Å². The van der Waals surface area contributed by atoms with Crippen LogP contribution in [0.1, 0.15) is 32.0 Å². The Labute approximate surface area is 119 Å². The van der Waals surface area contributed by atoms with E-state index in [1.54, 1.807) is 4.57 Å². The van der Waals surface area contributed by atoms with Gasteiger partial charge in [0.1, 0.15) is 5.60 Å². The lowest BCUT2D eigenvalue weighted by Gasteiger charge is -2.20. The molecule has 0 spiro atoms. The summed E-state index contributed by atoms with van der Waals surface area (Å²) in [5, 5.41) is 10.2. The van der Waals surface area contributed by atoms with Crippen LogP contribution in [0.25, 0.3) is 10.9 Å². The SMILES string of the molecule is Cc1c(CCO)c2ccccc2n1C(=O)OC(C)(C)C. The Morgan fingerprint density at radius 1 is 1.30 bits per heavy atom. The molecule has 0 unspecified atom stereocenters. The van der Waals surface area contributed by atoms with Gasteiger partial charge in [0.25, 0.3) is 0 Å². The third kappa shape index (κ3) is 2.70. The molecule has 0 aliphatic rings. The number of carbonyl (C=O) groups is 1. The van der Waals surface area contributed by atoms with Crippen molar-refractivity contribution in [2.24, 2.45) is 0 Å². The Kier molecular flexibility index (Phi) is 3.86. The first-order chi connectivity index (χ1) is 9.35. The number of aromatic nitrogens is 1. The summed E-state index contributed by atoms with van der Waals surface area (Å²) in [7, 11) is 0. The Bertz CT molecular complexity index is 635. The zero-order valence-corrected chi connectivity index (χ0v) is 12.4. The molecule has 0 radical (unpaired) electrons. The molecule has 0 atom stereocenters. The van der Waals surface area contributed by atoms with Crippen LogP contribution in [0, 0.1) is 6.92 Å². The highest BCUT2D eigenvalue weighted by molar-refractivity contribution is 5.93. The van der Waals surface area contributed by atoms with Crippen LogP contribution in [0.2, 0.25) is 0 Å². The van der Waals surface area contributed by atoms with E-state index >= 15 is 0 Å². The number of aliphatic hydroxyl groups excluding tert-OH is 1. The normalized spacial score (nSPS) is 11.8. The molecule has 0 fully saturated rings. The molecule has 1 aromatic carbocycles. The maximum Gasteiger partial charge on any atom is 0.419 e. The first-order valence-electron chi connectivity index (χ1n) is 6.78. The molecule has 0 bridgehead atoms. The van der Waals surface area contributed by atoms with Crippen LogP contribution in [-0.2, 0) is 11.2 Å². The van der Waals surface area contributed by atoms with Crippen LogP contribution < -0.4 is 0 Å². The van der Waals surface area contributed by atoms with Gasteiger partial charge in [-0.15, -0.1) is 0 Å². The van der Waals surface area contributed by atoms with Gasteiger partial charge in [-0.25, -0.2) is 9.36 Å². The Morgan fingerprint density at radius 3 is 2.55 bits per heavy atom. The summed E-state index contributed by atoms with van der Waals surface area (Å²) in [6.45, 7) is 7.49. The van der Waals surface area contributed by atoms with Crippen molar-refractivity contribution in [3.8, 4) is 0 Å². The van der Waals surface area contributed by atoms with Gasteiger partial charge in [0.2, 0.25) is 0 Å². The number of hydrogen-bond donors (Lipinski definition) is 1. The molecule has 0 aliphatic carbocycles. The molecule has 1 N–H and O–H groups in total. The molecule has 0 saturated heterocycles. The van der Waals surface area contributed by atoms with Crippen molar-refractivity contribution in [3.05, 3.63) is 35.5 Å². The summed E-state index contributed by atoms with van der Waals surface area (Å²) in [5.41, 5.74) is 2.11. The zero-order valence-electron chi connectivity index (χ0n) is 12.4. The molecule has 4 heteroatoms. The number of nitrogens with zero attached hydrogens (tertiary/aromatic N) is 1. The highest BCUT2D eigenvalue weighted by atomic mass is 16.6. The van der Waals surface area contributed by atoms with E-state index in [4.69, 9.17) is 4.74 Å². The molecule has 1 heterocycles. The highest BCUT2D eigenvalue weighted by Crippen LogP contribution is 2.27. The minimum atomic E-state index is -0.536. The lowest BCUT2D eigenvalue weighted by Crippen LogP contribution is -2.27. The number of hydrogen-bond acceptors (Lipinski definition) is 3. The quantitative estimate of drug-likeness (QED) is 0.915. The van der Waals surface area contributed by atoms with E-state index in [-0.39, 0.29) is 12.7 Å². The van der Waals surface area contributed by atoms with E-state index in [1.807, 2.05) is 52.0 Å². The summed E-state index contributed by atoms with van der Waals surface area (Å²) < 4.78 is 7.05. The standard InChI is InChI=1S/C16H21NO3/c1-11-12(9-10-18)13-7-5-6-8-14(13)17(11)15(19)20-16(2,3)4/h5-8,18H,9-10H2,1-4H3. The molecule has 4 nitrogen and oxygen atoms in total. The second-order valence-corrected chi connectivity index (χ2v) is 5.87. The molecular weight excluding hydrogens is 254 g/mol. The summed E-state index contributed by atoms with van der Waals surface area (Å²) in [5.74, 6) is 0. The maximum atomic E-state index is 12.4. The van der Waals surface area contributed by atoms with Gasteiger partial charge in [0.15, 0.2) is 0 Å². The van der Waals surface area contributed by atoms with Crippen molar-refractivity contribution in [2.45, 2.75) is 39.7 Å². The minimum Gasteiger partial charge on any atom is -0.443 e. The number of benzene rings is 1. The topological polar surface area (TPSA) is 51.5 Å². The number of para-hydroxylation sites is 1. The lowest BCUT2D eigenvalue weighted by molar-refractivity contribution is 0.0541. The summed E-state index contributed by atoms with van der Waals surface area (Å²) >= 11 is 0. The van der Waals surface area contributed by atoms with Crippen LogP contribution >= 0.6 is 0 Å². The van der Waals surface area contributed by atoms with Gasteiger partial charge in [-0.05, 0) is 45.7 Å².